The topological polar surface area (TPSA) is 9.23 Å². The summed E-state index contributed by atoms with van der Waals surface area (Å²) < 4.78 is 40.8. The number of alkyl halides is 3. The van der Waals surface area contributed by atoms with Crippen LogP contribution in [-0.4, -0.2) is 6.36 Å². The van der Waals surface area contributed by atoms with Crippen molar-refractivity contribution in [1.82, 2.24) is 0 Å². The van der Waals surface area contributed by atoms with E-state index in [0.717, 1.165) is 18.4 Å². The van der Waals surface area contributed by atoms with Gasteiger partial charge in [0.1, 0.15) is 5.75 Å². The van der Waals surface area contributed by atoms with Crippen LogP contribution in [0, 0.1) is 23.7 Å². The van der Waals surface area contributed by atoms with Crippen LogP contribution in [0.2, 0.25) is 0 Å². The molecule has 4 heteroatoms. The largest absolute Gasteiger partial charge is 0.573 e. The van der Waals surface area contributed by atoms with Crippen molar-refractivity contribution in [3.8, 4) is 5.75 Å². The standard InChI is InChI=1S/C19H19F3O/c1-2-3-15-16(18-13-5-4-12(10-13)17(15)18)11-6-8-14(9-7-11)23-19(20,21)22/h4-9,12-13,17-18H,2-3,10H2,1H3. The van der Waals surface area contributed by atoms with Gasteiger partial charge in [-0.05, 0) is 59.8 Å². The van der Waals surface area contributed by atoms with Gasteiger partial charge in [0.25, 0.3) is 0 Å². The predicted octanol–water partition coefficient (Wildman–Crippen LogP) is 5.59. The summed E-state index contributed by atoms with van der Waals surface area (Å²) in [7, 11) is 0. The molecule has 0 saturated heterocycles. The highest BCUT2D eigenvalue weighted by Crippen LogP contribution is 2.64. The van der Waals surface area contributed by atoms with Gasteiger partial charge in [-0.2, -0.15) is 0 Å². The van der Waals surface area contributed by atoms with E-state index in [1.165, 1.54) is 29.7 Å². The normalized spacial score (nSPS) is 31.3. The van der Waals surface area contributed by atoms with Crippen molar-refractivity contribution in [2.75, 3.05) is 0 Å². The van der Waals surface area contributed by atoms with E-state index in [4.69, 9.17) is 0 Å². The quantitative estimate of drug-likeness (QED) is 0.657. The number of halogens is 3. The van der Waals surface area contributed by atoms with Crippen LogP contribution in [0.15, 0.2) is 42.0 Å². The van der Waals surface area contributed by atoms with Gasteiger partial charge in [0.15, 0.2) is 0 Å². The molecule has 0 spiro atoms. The summed E-state index contributed by atoms with van der Waals surface area (Å²) in [5.74, 6) is 2.39. The highest BCUT2D eigenvalue weighted by Gasteiger charge is 2.54. The zero-order valence-corrected chi connectivity index (χ0v) is 12.9. The molecule has 1 nitrogen and oxygen atoms in total. The maximum Gasteiger partial charge on any atom is 0.573 e. The summed E-state index contributed by atoms with van der Waals surface area (Å²) in [6.07, 6.45) is 3.49. The van der Waals surface area contributed by atoms with Crippen LogP contribution in [-0.2, 0) is 0 Å². The number of allylic oxidation sites excluding steroid dienone is 4. The second-order valence-corrected chi connectivity index (χ2v) is 6.76. The number of rotatable bonds is 4. The van der Waals surface area contributed by atoms with Crippen molar-refractivity contribution < 1.29 is 17.9 Å². The van der Waals surface area contributed by atoms with E-state index < -0.39 is 6.36 Å². The lowest BCUT2D eigenvalue weighted by Gasteiger charge is -2.44. The van der Waals surface area contributed by atoms with Gasteiger partial charge in [-0.25, -0.2) is 0 Å². The third-order valence-corrected chi connectivity index (χ3v) is 5.46. The van der Waals surface area contributed by atoms with E-state index in [9.17, 15) is 13.2 Å². The average Bonchev–Trinajstić information content (AvgIpc) is 3.03. The van der Waals surface area contributed by atoms with Crippen molar-refractivity contribution in [3.63, 3.8) is 0 Å². The van der Waals surface area contributed by atoms with Crippen molar-refractivity contribution >= 4 is 5.57 Å². The number of hydrogen-bond acceptors (Lipinski definition) is 1. The molecule has 122 valence electrons. The highest BCUT2D eigenvalue weighted by atomic mass is 19.4. The van der Waals surface area contributed by atoms with Crippen LogP contribution in [0.5, 0.6) is 5.75 Å². The molecule has 0 N–H and O–H groups in total. The van der Waals surface area contributed by atoms with Crippen LogP contribution in [0.4, 0.5) is 13.2 Å². The Kier molecular flexibility index (Phi) is 3.33. The maximum absolute atomic E-state index is 12.3. The Morgan fingerprint density at radius 2 is 1.70 bits per heavy atom. The molecule has 1 fully saturated rings. The van der Waals surface area contributed by atoms with E-state index in [1.807, 2.05) is 0 Å². The van der Waals surface area contributed by atoms with Crippen molar-refractivity contribution in [2.24, 2.45) is 23.7 Å². The minimum Gasteiger partial charge on any atom is -0.406 e. The molecular formula is C19H19F3O. The molecule has 0 aromatic heterocycles. The second kappa shape index (κ2) is 5.15. The molecule has 1 saturated carbocycles. The first-order valence-corrected chi connectivity index (χ1v) is 8.25. The summed E-state index contributed by atoms with van der Waals surface area (Å²) in [4.78, 5) is 0. The molecule has 1 aromatic carbocycles. The van der Waals surface area contributed by atoms with Gasteiger partial charge in [-0.15, -0.1) is 13.2 Å². The Hall–Kier alpha value is -1.71. The SMILES string of the molecule is CCCC1=C(c2ccc(OC(F)(F)F)cc2)C2C3C=CC(C3)C12. The fourth-order valence-electron chi connectivity index (χ4n) is 4.77. The van der Waals surface area contributed by atoms with Gasteiger partial charge in [-0.1, -0.05) is 43.2 Å². The highest BCUT2D eigenvalue weighted by molar-refractivity contribution is 5.79. The lowest BCUT2D eigenvalue weighted by Crippen LogP contribution is -2.33. The zero-order chi connectivity index (χ0) is 16.2. The van der Waals surface area contributed by atoms with E-state index in [-0.39, 0.29) is 5.75 Å². The lowest BCUT2D eigenvalue weighted by atomic mass is 9.60. The third-order valence-electron chi connectivity index (χ3n) is 5.46. The Morgan fingerprint density at radius 1 is 1.04 bits per heavy atom. The van der Waals surface area contributed by atoms with Gasteiger partial charge in [-0.3, -0.25) is 0 Å². The van der Waals surface area contributed by atoms with Crippen LogP contribution in [0.1, 0.15) is 31.7 Å². The molecule has 2 bridgehead atoms. The van der Waals surface area contributed by atoms with Gasteiger partial charge in [0, 0.05) is 0 Å². The van der Waals surface area contributed by atoms with Gasteiger partial charge >= 0.3 is 6.36 Å². The van der Waals surface area contributed by atoms with Gasteiger partial charge in [0.2, 0.25) is 0 Å². The molecule has 0 aliphatic heterocycles. The summed E-state index contributed by atoms with van der Waals surface area (Å²) >= 11 is 0. The summed E-state index contributed by atoms with van der Waals surface area (Å²) in [5, 5.41) is 0. The first-order chi connectivity index (χ1) is 11.0. The number of ether oxygens (including phenoxy) is 1. The van der Waals surface area contributed by atoms with Crippen LogP contribution >= 0.6 is 0 Å². The van der Waals surface area contributed by atoms with E-state index in [1.54, 1.807) is 12.1 Å². The smallest absolute Gasteiger partial charge is 0.406 e. The Labute approximate surface area is 133 Å². The van der Waals surface area contributed by atoms with Crippen LogP contribution in [0.25, 0.3) is 5.57 Å². The molecular weight excluding hydrogens is 301 g/mol. The Bertz CT molecular complexity index is 669. The zero-order valence-electron chi connectivity index (χ0n) is 12.9. The molecule has 0 heterocycles. The minimum atomic E-state index is -4.63. The van der Waals surface area contributed by atoms with Gasteiger partial charge in [0.05, 0.1) is 0 Å². The van der Waals surface area contributed by atoms with Crippen molar-refractivity contribution in [1.29, 1.82) is 0 Å². The first-order valence-electron chi connectivity index (χ1n) is 8.25. The summed E-state index contributed by atoms with van der Waals surface area (Å²) in [5.41, 5.74) is 3.97. The van der Waals surface area contributed by atoms with E-state index in [2.05, 4.69) is 23.8 Å². The molecule has 3 aliphatic rings. The monoisotopic (exact) mass is 320 g/mol. The first kappa shape index (κ1) is 14.9. The Balaban J connectivity index is 1.62. The number of hydrogen-bond donors (Lipinski definition) is 0. The van der Waals surface area contributed by atoms with Crippen LogP contribution in [0.3, 0.4) is 0 Å². The predicted molar refractivity (Wildman–Crippen MR) is 82.7 cm³/mol. The maximum atomic E-state index is 12.3. The number of fused-ring (bicyclic) bond motifs is 5. The Morgan fingerprint density at radius 3 is 2.30 bits per heavy atom. The summed E-state index contributed by atoms with van der Waals surface area (Å²) in [6, 6.07) is 6.40. The summed E-state index contributed by atoms with van der Waals surface area (Å²) in [6.45, 7) is 2.18. The second-order valence-electron chi connectivity index (χ2n) is 6.76. The molecule has 23 heavy (non-hydrogen) atoms. The number of benzene rings is 1. The lowest BCUT2D eigenvalue weighted by molar-refractivity contribution is -0.274. The molecule has 0 radical (unpaired) electrons. The molecule has 4 atom stereocenters. The fraction of sp³-hybridized carbons (Fsp3) is 0.474. The van der Waals surface area contributed by atoms with Crippen molar-refractivity contribution in [3.05, 3.63) is 47.6 Å². The van der Waals surface area contributed by atoms with E-state index >= 15 is 0 Å². The van der Waals surface area contributed by atoms with Gasteiger partial charge < -0.3 is 4.74 Å². The van der Waals surface area contributed by atoms with Crippen molar-refractivity contribution in [2.45, 2.75) is 32.5 Å². The van der Waals surface area contributed by atoms with Crippen LogP contribution < -0.4 is 4.74 Å². The third kappa shape index (κ3) is 2.39. The van der Waals surface area contributed by atoms with E-state index in [0.29, 0.717) is 23.7 Å². The molecule has 3 aliphatic carbocycles. The molecule has 4 rings (SSSR count). The molecule has 4 unspecified atom stereocenters. The molecule has 1 aromatic rings. The fourth-order valence-corrected chi connectivity index (χ4v) is 4.77. The minimum absolute atomic E-state index is 0.150. The average molecular weight is 320 g/mol. The molecule has 0 amide bonds.